The summed E-state index contributed by atoms with van der Waals surface area (Å²) < 4.78 is 14.0. The third kappa shape index (κ3) is 20.3. The van der Waals surface area contributed by atoms with E-state index in [1.807, 2.05) is 60.7 Å². The molecule has 14 heteroatoms. The predicted molar refractivity (Wildman–Crippen MR) is 472 cm³/mol. The number of phenolic OH excluding ortho intramolecular Hbond substituents is 2. The van der Waals surface area contributed by atoms with E-state index < -0.39 is 58.8 Å². The van der Waals surface area contributed by atoms with Gasteiger partial charge in [-0.05, 0) is 192 Å². The standard InChI is InChI=1S/C102H114N6O8/c1-99(2,3)79-53-71-49-75-57-81(101(7,8)9)59-77(95(75)115-63-91(109)107-89(45-65-29-15-13-16-30-65)97(113)105-43-27-41-103-61-87-83-37-23-19-33-67(83)47-68-34-20-24-38-84(68)87)51-73-55-80(100(4,5)6)56-74(94(73)112)52-78-60-82(102(10,11)12)58-76(50-72(54-79)93(71)111)96(78)116-64-92(110)108-90(46-66-31-17-14-18-32-66)98(114)106-44-28-42-104-62-88-85-39-25-21-35-69(85)48-70-36-22-26-40-86(70)88/h13-26,29-40,47-48,53-60,89-90,103-104,111-112H,27-28,41-46,49-52,61-64H2,1-12H3,(H,105,113)(H,106,114)(H,107,109)(H,108,110)/t89-,90-/m0/s1. The zero-order valence-electron chi connectivity index (χ0n) is 69.6. The number of benzene rings is 12. The normalized spacial score (nSPS) is 13.1. The van der Waals surface area contributed by atoms with Crippen LogP contribution in [-0.2, 0) is 92.5 Å². The molecular formula is C102H114N6O8. The maximum absolute atomic E-state index is 14.9. The molecule has 14 nitrogen and oxygen atoms in total. The van der Waals surface area contributed by atoms with Gasteiger partial charge in [-0.3, -0.25) is 19.2 Å². The van der Waals surface area contributed by atoms with Crippen molar-refractivity contribution in [3.8, 4) is 23.0 Å². The molecule has 12 aromatic carbocycles. The van der Waals surface area contributed by atoms with Crippen LogP contribution in [0.3, 0.4) is 0 Å². The molecule has 0 saturated carbocycles. The average molecular weight is 1550 g/mol. The number of ether oxygens (including phenoxy) is 2. The van der Waals surface area contributed by atoms with Crippen LogP contribution in [-0.4, -0.2) is 85.3 Å². The molecule has 2 atom stereocenters. The largest absolute Gasteiger partial charge is 0.507 e. The van der Waals surface area contributed by atoms with Crippen LogP contribution < -0.4 is 41.4 Å². The van der Waals surface area contributed by atoms with Gasteiger partial charge in [0.25, 0.3) is 11.8 Å². The van der Waals surface area contributed by atoms with Crippen LogP contribution in [0.15, 0.2) is 218 Å². The summed E-state index contributed by atoms with van der Waals surface area (Å²) in [7, 11) is 0. The van der Waals surface area contributed by atoms with Gasteiger partial charge in [-0.2, -0.15) is 0 Å². The van der Waals surface area contributed by atoms with Crippen LogP contribution in [0.5, 0.6) is 23.0 Å². The lowest BCUT2D eigenvalue weighted by Gasteiger charge is -2.28. The molecule has 8 bridgehead atoms. The Kier molecular flexibility index (Phi) is 25.5. The van der Waals surface area contributed by atoms with Crippen molar-refractivity contribution < 1.29 is 38.9 Å². The fraction of sp³-hybridized carbons (Fsp3) is 0.333. The van der Waals surface area contributed by atoms with E-state index in [9.17, 15) is 29.4 Å². The summed E-state index contributed by atoms with van der Waals surface area (Å²) in [6.07, 6.45) is 2.50. The maximum Gasteiger partial charge on any atom is 0.258 e. The lowest BCUT2D eigenvalue weighted by Crippen LogP contribution is -2.49. The fourth-order valence-electron chi connectivity index (χ4n) is 16.0. The van der Waals surface area contributed by atoms with Crippen molar-refractivity contribution in [2.75, 3.05) is 39.4 Å². The minimum atomic E-state index is -0.938. The molecule has 600 valence electrons. The molecule has 0 unspecified atom stereocenters. The van der Waals surface area contributed by atoms with Gasteiger partial charge in [-0.15, -0.1) is 0 Å². The molecule has 0 aromatic heterocycles. The minimum absolute atomic E-state index is 0.0774. The van der Waals surface area contributed by atoms with Gasteiger partial charge >= 0.3 is 0 Å². The second kappa shape index (κ2) is 35.8. The second-order valence-electron chi connectivity index (χ2n) is 35.7. The first kappa shape index (κ1) is 82.7. The molecule has 116 heavy (non-hydrogen) atoms. The summed E-state index contributed by atoms with van der Waals surface area (Å²) in [5.74, 6) is -0.588. The molecule has 12 aromatic rings. The first-order valence-corrected chi connectivity index (χ1v) is 41.2. The van der Waals surface area contributed by atoms with Gasteiger partial charge in [0.1, 0.15) is 35.1 Å². The number of carbonyl (C=O) groups is 4. The van der Waals surface area contributed by atoms with Gasteiger partial charge < -0.3 is 51.6 Å². The van der Waals surface area contributed by atoms with Crippen LogP contribution >= 0.6 is 0 Å². The highest BCUT2D eigenvalue weighted by molar-refractivity contribution is 6.03. The molecule has 1 aliphatic carbocycles. The van der Waals surface area contributed by atoms with E-state index in [4.69, 9.17) is 9.47 Å². The first-order valence-electron chi connectivity index (χ1n) is 41.2. The quantitative estimate of drug-likeness (QED) is 0.0191. The van der Waals surface area contributed by atoms with Crippen molar-refractivity contribution in [2.24, 2.45) is 0 Å². The fourth-order valence-corrected chi connectivity index (χ4v) is 16.0. The monoisotopic (exact) mass is 1550 g/mol. The number of hydrogen-bond donors (Lipinski definition) is 8. The van der Waals surface area contributed by atoms with Crippen molar-refractivity contribution in [1.82, 2.24) is 31.9 Å². The van der Waals surface area contributed by atoms with Gasteiger partial charge in [-0.1, -0.05) is 289 Å². The molecule has 8 N–H and O–H groups in total. The first-order chi connectivity index (χ1) is 55.5. The molecule has 0 aliphatic heterocycles. The van der Waals surface area contributed by atoms with Crippen LogP contribution in [0, 0.1) is 0 Å². The Morgan fingerprint density at radius 3 is 0.897 bits per heavy atom. The Labute approximate surface area is 684 Å². The number of fused-ring (bicyclic) bond motifs is 12. The number of phenols is 2. The topological polar surface area (TPSA) is 199 Å². The van der Waals surface area contributed by atoms with E-state index in [2.05, 4.69) is 273 Å². The predicted octanol–water partition coefficient (Wildman–Crippen LogP) is 18.4. The van der Waals surface area contributed by atoms with E-state index in [1.165, 1.54) is 54.2 Å². The molecule has 0 saturated heterocycles. The molecular weight excluding hydrogens is 1440 g/mol. The maximum atomic E-state index is 14.9. The SMILES string of the molecule is CC(C)(C)c1cc2c(O)c(c1)Cc1cc(C(C)(C)C)cc(c1OCC(=O)N[C@@H](Cc1ccccc1)C(=O)NCCCNCc1c3ccccc3cc3ccccc13)Cc1cc(C(C)(C)C)cc(c1O)Cc1cc(C(C)(C)C)cc(c1OCC(=O)N[C@@H](Cc1ccccc1)C(=O)NCCCNCc1c3ccccc3cc3ccccc13)C2. The lowest BCUT2D eigenvalue weighted by atomic mass is 9.79. The van der Waals surface area contributed by atoms with Crippen LogP contribution in [0.2, 0.25) is 0 Å². The van der Waals surface area contributed by atoms with Gasteiger partial charge in [0.2, 0.25) is 11.8 Å². The summed E-state index contributed by atoms with van der Waals surface area (Å²) in [4.78, 5) is 58.7. The van der Waals surface area contributed by atoms with E-state index in [0.29, 0.717) is 85.9 Å². The van der Waals surface area contributed by atoms with E-state index in [-0.39, 0.29) is 61.8 Å². The molecule has 1 aliphatic rings. The molecule has 0 spiro atoms. The summed E-state index contributed by atoms with van der Waals surface area (Å²) in [6, 6.07) is 72.5. The third-order valence-electron chi connectivity index (χ3n) is 22.6. The van der Waals surface area contributed by atoms with Crippen molar-refractivity contribution in [2.45, 2.75) is 181 Å². The van der Waals surface area contributed by atoms with Crippen LogP contribution in [0.25, 0.3) is 43.1 Å². The molecule has 0 heterocycles. The minimum Gasteiger partial charge on any atom is -0.507 e. The number of carbonyl (C=O) groups excluding carboxylic acids is 4. The molecule has 0 fully saturated rings. The summed E-state index contributed by atoms with van der Waals surface area (Å²) in [5, 5.41) is 55.7. The van der Waals surface area contributed by atoms with Crippen LogP contribution in [0.1, 0.15) is 185 Å². The van der Waals surface area contributed by atoms with Gasteiger partial charge in [-0.25, -0.2) is 0 Å². The highest BCUT2D eigenvalue weighted by atomic mass is 16.5. The molecule has 4 amide bonds. The molecule has 0 radical (unpaired) electrons. The highest BCUT2D eigenvalue weighted by Gasteiger charge is 2.32. The van der Waals surface area contributed by atoms with Gasteiger partial charge in [0, 0.05) is 64.7 Å². The number of hydrogen-bond acceptors (Lipinski definition) is 10. The van der Waals surface area contributed by atoms with Crippen molar-refractivity contribution in [3.63, 3.8) is 0 Å². The Bertz CT molecular complexity index is 5020. The van der Waals surface area contributed by atoms with E-state index >= 15 is 0 Å². The number of rotatable bonds is 26. The zero-order chi connectivity index (χ0) is 82.1. The Morgan fingerprint density at radius 2 is 0.612 bits per heavy atom. The smallest absolute Gasteiger partial charge is 0.258 e. The number of aromatic hydroxyl groups is 2. The highest BCUT2D eigenvalue weighted by Crippen LogP contribution is 2.45. The van der Waals surface area contributed by atoms with Gasteiger partial charge in [0.15, 0.2) is 13.2 Å². The Hall–Kier alpha value is -11.3. The molecule has 13 rings (SSSR count). The number of nitrogens with one attached hydrogen (secondary N) is 6. The average Bonchev–Trinajstić information content (AvgIpc) is 0.783. The lowest BCUT2D eigenvalue weighted by molar-refractivity contribution is -0.130. The third-order valence-corrected chi connectivity index (χ3v) is 22.6. The van der Waals surface area contributed by atoms with Crippen LogP contribution in [0.4, 0.5) is 0 Å². The van der Waals surface area contributed by atoms with Crippen molar-refractivity contribution >= 4 is 66.7 Å². The van der Waals surface area contributed by atoms with E-state index in [1.54, 1.807) is 0 Å². The second-order valence-corrected chi connectivity index (χ2v) is 35.7. The van der Waals surface area contributed by atoms with Crippen molar-refractivity contribution in [3.05, 3.63) is 307 Å². The Morgan fingerprint density at radius 1 is 0.345 bits per heavy atom. The van der Waals surface area contributed by atoms with Crippen molar-refractivity contribution in [1.29, 1.82) is 0 Å². The number of amides is 4. The van der Waals surface area contributed by atoms with E-state index in [0.717, 1.165) is 55.6 Å². The zero-order valence-corrected chi connectivity index (χ0v) is 69.6. The summed E-state index contributed by atoms with van der Waals surface area (Å²) in [6.45, 7) is 28.3. The summed E-state index contributed by atoms with van der Waals surface area (Å²) >= 11 is 0. The van der Waals surface area contributed by atoms with Gasteiger partial charge in [0.05, 0.1) is 0 Å². The Balaban J connectivity index is 0.786. The summed E-state index contributed by atoms with van der Waals surface area (Å²) in [5.41, 5.74) is 11.9.